The van der Waals surface area contributed by atoms with Gasteiger partial charge in [-0.05, 0) is 44.4 Å². The molecule has 0 spiro atoms. The van der Waals surface area contributed by atoms with Crippen LogP contribution in [0.15, 0.2) is 0 Å². The van der Waals surface area contributed by atoms with E-state index in [1.54, 1.807) is 0 Å². The van der Waals surface area contributed by atoms with Crippen molar-refractivity contribution in [1.29, 1.82) is 0 Å². The summed E-state index contributed by atoms with van der Waals surface area (Å²) in [7, 11) is 0. The van der Waals surface area contributed by atoms with Gasteiger partial charge in [-0.15, -0.1) is 0 Å². The van der Waals surface area contributed by atoms with Crippen molar-refractivity contribution in [2.24, 2.45) is 17.8 Å². The molecule has 0 amide bonds. The van der Waals surface area contributed by atoms with Crippen LogP contribution in [0.3, 0.4) is 0 Å². The van der Waals surface area contributed by atoms with Crippen LogP contribution in [0.2, 0.25) is 0 Å². The number of ether oxygens (including phenoxy) is 1. The van der Waals surface area contributed by atoms with Gasteiger partial charge < -0.3 is 4.74 Å². The number of hydrogen-bond acceptors (Lipinski definition) is 1. The summed E-state index contributed by atoms with van der Waals surface area (Å²) in [6, 6.07) is 0. The van der Waals surface area contributed by atoms with Crippen LogP contribution >= 0.6 is 0 Å². The summed E-state index contributed by atoms with van der Waals surface area (Å²) in [6.45, 7) is 6.68. The first-order chi connectivity index (χ1) is 8.59. The second-order valence-electron chi connectivity index (χ2n) is 6.68. The molecule has 2 fully saturated rings. The molecule has 0 saturated heterocycles. The second kappa shape index (κ2) is 6.36. The molecule has 0 aromatic heterocycles. The molecule has 0 aromatic rings. The fourth-order valence-corrected chi connectivity index (χ4v) is 3.91. The molecule has 5 atom stereocenters. The van der Waals surface area contributed by atoms with Gasteiger partial charge in [0.2, 0.25) is 0 Å². The molecule has 106 valence electrons. The van der Waals surface area contributed by atoms with Crippen LogP contribution in [-0.2, 0) is 4.74 Å². The Labute approximate surface area is 111 Å². The summed E-state index contributed by atoms with van der Waals surface area (Å²) in [5, 5.41) is 0. The van der Waals surface area contributed by atoms with Crippen molar-refractivity contribution >= 4 is 0 Å². The van der Waals surface area contributed by atoms with Crippen LogP contribution in [0.1, 0.15) is 65.7 Å². The Balaban J connectivity index is 1.90. The van der Waals surface area contributed by atoms with E-state index in [-0.39, 0.29) is 12.0 Å². The topological polar surface area (TPSA) is 9.23 Å². The van der Waals surface area contributed by atoms with Crippen molar-refractivity contribution in [2.75, 3.05) is 0 Å². The second-order valence-corrected chi connectivity index (χ2v) is 6.68. The van der Waals surface area contributed by atoms with Crippen LogP contribution in [-0.4, -0.2) is 18.4 Å². The van der Waals surface area contributed by atoms with Gasteiger partial charge in [0, 0.05) is 5.92 Å². The molecule has 2 saturated carbocycles. The highest BCUT2D eigenvalue weighted by atomic mass is 19.1. The van der Waals surface area contributed by atoms with Crippen LogP contribution in [0.4, 0.5) is 4.39 Å². The van der Waals surface area contributed by atoms with E-state index in [9.17, 15) is 4.39 Å². The monoisotopic (exact) mass is 256 g/mol. The lowest BCUT2D eigenvalue weighted by atomic mass is 9.79. The minimum Gasteiger partial charge on any atom is -0.375 e. The third-order valence-electron chi connectivity index (χ3n) is 5.08. The predicted octanol–water partition coefficient (Wildman–Crippen LogP) is 4.74. The quantitative estimate of drug-likeness (QED) is 0.705. The van der Waals surface area contributed by atoms with Crippen molar-refractivity contribution in [3.63, 3.8) is 0 Å². The van der Waals surface area contributed by atoms with Gasteiger partial charge in [0.15, 0.2) is 0 Å². The SMILES string of the molecule is CC(C)C1CCCCC1OC(C)C1CCCC1F. The summed E-state index contributed by atoms with van der Waals surface area (Å²) in [5.74, 6) is 1.52. The van der Waals surface area contributed by atoms with Gasteiger partial charge >= 0.3 is 0 Å². The molecule has 18 heavy (non-hydrogen) atoms. The first-order valence-electron chi connectivity index (χ1n) is 7.89. The van der Waals surface area contributed by atoms with Gasteiger partial charge in [-0.2, -0.15) is 0 Å². The highest BCUT2D eigenvalue weighted by Crippen LogP contribution is 2.37. The molecule has 0 N–H and O–H groups in total. The van der Waals surface area contributed by atoms with Crippen molar-refractivity contribution < 1.29 is 9.13 Å². The third kappa shape index (κ3) is 3.26. The zero-order valence-electron chi connectivity index (χ0n) is 12.2. The Morgan fingerprint density at radius 3 is 2.17 bits per heavy atom. The minimum atomic E-state index is -0.624. The fourth-order valence-electron chi connectivity index (χ4n) is 3.91. The number of alkyl halides is 1. The lowest BCUT2D eigenvalue weighted by Gasteiger charge is -2.37. The first-order valence-corrected chi connectivity index (χ1v) is 7.89. The Bertz CT molecular complexity index is 253. The van der Waals surface area contributed by atoms with Gasteiger partial charge in [-0.3, -0.25) is 0 Å². The van der Waals surface area contributed by atoms with E-state index in [4.69, 9.17) is 4.74 Å². The Kier molecular flexibility index (Phi) is 5.06. The third-order valence-corrected chi connectivity index (χ3v) is 5.08. The van der Waals surface area contributed by atoms with Gasteiger partial charge in [-0.1, -0.05) is 33.1 Å². The molecule has 0 aliphatic heterocycles. The maximum absolute atomic E-state index is 13.8. The number of hydrogen-bond donors (Lipinski definition) is 0. The maximum Gasteiger partial charge on any atom is 0.105 e. The zero-order chi connectivity index (χ0) is 13.1. The molecule has 5 unspecified atom stereocenters. The zero-order valence-corrected chi connectivity index (χ0v) is 12.2. The van der Waals surface area contributed by atoms with Gasteiger partial charge in [-0.25, -0.2) is 4.39 Å². The highest BCUT2D eigenvalue weighted by molar-refractivity contribution is 4.84. The largest absolute Gasteiger partial charge is 0.375 e. The van der Waals surface area contributed by atoms with Crippen molar-refractivity contribution in [1.82, 2.24) is 0 Å². The van der Waals surface area contributed by atoms with E-state index >= 15 is 0 Å². The van der Waals surface area contributed by atoms with Gasteiger partial charge in [0.1, 0.15) is 6.17 Å². The molecule has 2 rings (SSSR count). The summed E-state index contributed by atoms with van der Waals surface area (Å²) in [4.78, 5) is 0. The highest BCUT2D eigenvalue weighted by Gasteiger charge is 2.36. The van der Waals surface area contributed by atoms with E-state index in [2.05, 4.69) is 20.8 Å². The molecule has 0 aromatic carbocycles. The molecule has 0 bridgehead atoms. The molecule has 0 radical (unpaired) electrons. The van der Waals surface area contributed by atoms with Crippen LogP contribution < -0.4 is 0 Å². The predicted molar refractivity (Wildman–Crippen MR) is 73.4 cm³/mol. The fraction of sp³-hybridized carbons (Fsp3) is 1.00. The maximum atomic E-state index is 13.8. The average molecular weight is 256 g/mol. The van der Waals surface area contributed by atoms with E-state index in [1.165, 1.54) is 25.7 Å². The minimum absolute atomic E-state index is 0.104. The lowest BCUT2D eigenvalue weighted by Crippen LogP contribution is -2.37. The van der Waals surface area contributed by atoms with E-state index < -0.39 is 6.17 Å². The summed E-state index contributed by atoms with van der Waals surface area (Å²) in [6.07, 6.45) is 7.75. The van der Waals surface area contributed by atoms with E-state index in [0.29, 0.717) is 17.9 Å². The Morgan fingerprint density at radius 1 is 0.889 bits per heavy atom. The Morgan fingerprint density at radius 2 is 1.56 bits per heavy atom. The Hall–Kier alpha value is -0.110. The standard InChI is InChI=1S/C16H29FO/c1-11(2)13-7-4-5-10-16(13)18-12(3)14-8-6-9-15(14)17/h11-16H,4-10H2,1-3H3. The summed E-state index contributed by atoms with van der Waals surface area (Å²) < 4.78 is 20.0. The summed E-state index contributed by atoms with van der Waals surface area (Å²) in [5.41, 5.74) is 0. The van der Waals surface area contributed by atoms with Gasteiger partial charge in [0.05, 0.1) is 12.2 Å². The molecule has 0 heterocycles. The van der Waals surface area contributed by atoms with E-state index in [0.717, 1.165) is 19.3 Å². The van der Waals surface area contributed by atoms with Crippen molar-refractivity contribution in [2.45, 2.75) is 84.1 Å². The number of halogens is 1. The molecular formula is C16H29FO. The summed E-state index contributed by atoms with van der Waals surface area (Å²) >= 11 is 0. The van der Waals surface area contributed by atoms with Crippen LogP contribution in [0.25, 0.3) is 0 Å². The van der Waals surface area contributed by atoms with Crippen molar-refractivity contribution in [3.8, 4) is 0 Å². The van der Waals surface area contributed by atoms with Gasteiger partial charge in [0.25, 0.3) is 0 Å². The molecular weight excluding hydrogens is 227 g/mol. The van der Waals surface area contributed by atoms with Crippen molar-refractivity contribution in [3.05, 3.63) is 0 Å². The van der Waals surface area contributed by atoms with Crippen LogP contribution in [0.5, 0.6) is 0 Å². The molecule has 2 heteroatoms. The first kappa shape index (κ1) is 14.3. The molecule has 2 aliphatic rings. The lowest BCUT2D eigenvalue weighted by molar-refractivity contribution is -0.0914. The average Bonchev–Trinajstić information content (AvgIpc) is 2.76. The van der Waals surface area contributed by atoms with Crippen LogP contribution in [0, 0.1) is 17.8 Å². The molecule has 2 aliphatic carbocycles. The molecule has 1 nitrogen and oxygen atoms in total. The smallest absolute Gasteiger partial charge is 0.105 e. The normalized spacial score (nSPS) is 39.2. The van der Waals surface area contributed by atoms with E-state index in [1.807, 2.05) is 0 Å². The number of rotatable bonds is 4.